The van der Waals surface area contributed by atoms with E-state index in [0.29, 0.717) is 11.5 Å². The van der Waals surface area contributed by atoms with Crippen molar-refractivity contribution in [3.05, 3.63) is 259 Å². The van der Waals surface area contributed by atoms with Crippen LogP contribution in [0.25, 0.3) is 61.0 Å². The first-order valence-electron chi connectivity index (χ1n) is 26.0. The monoisotopic (exact) mass is 1160 g/mol. The van der Waals surface area contributed by atoms with Crippen molar-refractivity contribution in [2.45, 2.75) is 64.7 Å². The van der Waals surface area contributed by atoms with Gasteiger partial charge >= 0.3 is 0 Å². The Morgan fingerprint density at radius 3 is 1.74 bits per heavy atom. The van der Waals surface area contributed by atoms with Gasteiger partial charge in [-0.05, 0) is 105 Å². The number of nitrogens with zero attached hydrogens (tertiary/aromatic N) is 4. The van der Waals surface area contributed by atoms with Crippen LogP contribution in [-0.4, -0.2) is 9.55 Å². The average Bonchev–Trinajstić information content (AvgIpc) is 4.19. The summed E-state index contributed by atoms with van der Waals surface area (Å²) in [6, 6.07) is 81.8. The molecule has 0 radical (unpaired) electrons. The van der Waals surface area contributed by atoms with E-state index in [2.05, 4.69) is 282 Å². The molecule has 1 aliphatic carbocycles. The molecule has 0 unspecified atom stereocenters. The Bertz CT molecular complexity index is 3910. The Hall–Kier alpha value is -7.98. The maximum Gasteiger partial charge on any atom is 0.135 e. The molecule has 11 aromatic rings. The smallest absolute Gasteiger partial charge is 0.135 e. The molecule has 6 heteroatoms. The van der Waals surface area contributed by atoms with Crippen LogP contribution >= 0.6 is 0 Å². The maximum atomic E-state index is 7.13. The molecule has 2 aromatic heterocycles. The minimum atomic E-state index is -0.378. The molecular formula is C70H57N4OPt-3. The van der Waals surface area contributed by atoms with Crippen molar-refractivity contribution >= 4 is 44.6 Å². The molecule has 0 amide bonds. The van der Waals surface area contributed by atoms with Gasteiger partial charge in [-0.3, -0.25) is 0 Å². The normalized spacial score (nSPS) is 13.6. The zero-order valence-electron chi connectivity index (χ0n) is 43.8. The second-order valence-electron chi connectivity index (χ2n) is 22.2. The Kier molecular flexibility index (Phi) is 12.0. The van der Waals surface area contributed by atoms with Gasteiger partial charge in [0.15, 0.2) is 0 Å². The second kappa shape index (κ2) is 18.7. The fraction of sp³-hybridized carbons (Fsp3) is 0.143. The van der Waals surface area contributed by atoms with Gasteiger partial charge in [-0.1, -0.05) is 192 Å². The van der Waals surface area contributed by atoms with Gasteiger partial charge in [-0.2, -0.15) is 12.1 Å². The van der Waals surface area contributed by atoms with Gasteiger partial charge in [-0.15, -0.1) is 47.6 Å². The van der Waals surface area contributed by atoms with E-state index in [1.165, 1.54) is 44.5 Å². The molecule has 5 nitrogen and oxygen atoms in total. The number of rotatable bonds is 8. The summed E-state index contributed by atoms with van der Waals surface area (Å²) >= 11 is 0. The molecule has 1 aliphatic heterocycles. The predicted molar refractivity (Wildman–Crippen MR) is 310 cm³/mol. The molecule has 0 N–H and O–H groups in total. The molecule has 3 heterocycles. The Morgan fingerprint density at radius 1 is 0.526 bits per heavy atom. The third-order valence-electron chi connectivity index (χ3n) is 15.5. The summed E-state index contributed by atoms with van der Waals surface area (Å²) in [5.41, 5.74) is 18.6. The van der Waals surface area contributed by atoms with Crippen LogP contribution in [0, 0.1) is 18.8 Å². The molecule has 2 aliphatic rings. The molecule has 0 saturated heterocycles. The molecule has 0 spiro atoms. The maximum absolute atomic E-state index is 7.13. The van der Waals surface area contributed by atoms with E-state index in [1.54, 1.807) is 0 Å². The van der Waals surface area contributed by atoms with E-state index in [0.717, 1.165) is 67.1 Å². The molecule has 76 heavy (non-hydrogen) atoms. The van der Waals surface area contributed by atoms with Gasteiger partial charge in [0.05, 0.1) is 0 Å². The third-order valence-corrected chi connectivity index (χ3v) is 15.5. The van der Waals surface area contributed by atoms with Crippen molar-refractivity contribution in [2.24, 2.45) is 0 Å². The van der Waals surface area contributed by atoms with Crippen LogP contribution in [0.1, 0.15) is 76.3 Å². The Labute approximate surface area is 461 Å². The Balaban J connectivity index is 0.00000582. The molecule has 13 rings (SSSR count). The minimum absolute atomic E-state index is 0. The molecule has 0 atom stereocenters. The molecular weight excluding hydrogens is 1110 g/mol. The van der Waals surface area contributed by atoms with Crippen LogP contribution in [0.3, 0.4) is 0 Å². The summed E-state index contributed by atoms with van der Waals surface area (Å²) in [6.45, 7) is 18.2. The van der Waals surface area contributed by atoms with Crippen molar-refractivity contribution in [1.82, 2.24) is 9.55 Å². The number of ether oxygens (including phenoxy) is 1. The summed E-state index contributed by atoms with van der Waals surface area (Å²) in [7, 11) is 0. The number of hydrogen-bond acceptors (Lipinski definition) is 4. The van der Waals surface area contributed by atoms with Crippen molar-refractivity contribution in [3.63, 3.8) is 0 Å². The van der Waals surface area contributed by atoms with Crippen molar-refractivity contribution in [2.75, 3.05) is 9.80 Å². The van der Waals surface area contributed by atoms with Gasteiger partial charge in [0, 0.05) is 77.9 Å². The number of anilines is 4. The molecule has 0 saturated carbocycles. The number of benzene rings is 9. The fourth-order valence-electron chi connectivity index (χ4n) is 11.6. The summed E-state index contributed by atoms with van der Waals surface area (Å²) in [6.07, 6.45) is 1.96. The van der Waals surface area contributed by atoms with Crippen LogP contribution in [0.15, 0.2) is 212 Å². The van der Waals surface area contributed by atoms with Crippen LogP contribution in [0.4, 0.5) is 22.7 Å². The van der Waals surface area contributed by atoms with E-state index in [9.17, 15) is 0 Å². The van der Waals surface area contributed by atoms with Crippen LogP contribution < -0.4 is 14.5 Å². The van der Waals surface area contributed by atoms with Crippen molar-refractivity contribution < 1.29 is 25.8 Å². The van der Waals surface area contributed by atoms with Crippen LogP contribution in [0.5, 0.6) is 11.5 Å². The van der Waals surface area contributed by atoms with Gasteiger partial charge in [0.25, 0.3) is 0 Å². The average molecular weight is 1170 g/mol. The van der Waals surface area contributed by atoms with Crippen LogP contribution in [-0.2, 0) is 37.3 Å². The van der Waals surface area contributed by atoms with E-state index < -0.39 is 0 Å². The van der Waals surface area contributed by atoms with E-state index in [-0.39, 0.29) is 37.3 Å². The van der Waals surface area contributed by atoms with E-state index in [1.807, 2.05) is 12.3 Å². The largest absolute Gasteiger partial charge is 0.509 e. The number of fused-ring (bicyclic) bond motifs is 7. The van der Waals surface area contributed by atoms with E-state index >= 15 is 0 Å². The molecule has 376 valence electrons. The SMILES string of the molecule is CC(C)(C)c1cc(-c2ccccc2)c(N2[CH-]N(c3[c-]c(Oc4[c-]c5c(cc4C(C)(C)C)c4ccccc4n5-c4cc(C5(C)c6ccccc6-c6ccccc65)ccn4)ccc3)c3ccccc32)c(-c2ccccc2)c1.[Pt]. The zero-order valence-corrected chi connectivity index (χ0v) is 46.1. The first-order valence-corrected chi connectivity index (χ1v) is 26.0. The van der Waals surface area contributed by atoms with Crippen molar-refractivity contribution in [1.29, 1.82) is 0 Å². The summed E-state index contributed by atoms with van der Waals surface area (Å²) < 4.78 is 9.39. The third kappa shape index (κ3) is 8.07. The molecule has 0 fully saturated rings. The molecule has 9 aromatic carbocycles. The van der Waals surface area contributed by atoms with Crippen molar-refractivity contribution in [3.8, 4) is 50.7 Å². The summed E-state index contributed by atoms with van der Waals surface area (Å²) in [4.78, 5) is 9.72. The standard InChI is InChI=1S/C70H57N4O.Pt/c1-68(2,3)49-39-55(46-23-10-8-11-24-46)67(56(40-49)47-25-12-9-13-26-47)73-45-72(62-35-20-21-36-63(62)73)50-27-22-28-51(42-50)75-65-44-64-57(43-60(65)69(4,5)6)54-31-16-19-34-61(54)74(64)66-41-48(37-38-71-66)70(7)58-32-17-14-29-52(58)53-30-15-18-33-59(53)70;/h8-41,43,45H,1-7H3;/q-3;. The predicted octanol–water partition coefficient (Wildman–Crippen LogP) is 18.2. The minimum Gasteiger partial charge on any atom is -0.509 e. The van der Waals surface area contributed by atoms with Gasteiger partial charge in [0.1, 0.15) is 5.82 Å². The van der Waals surface area contributed by atoms with E-state index in [4.69, 9.17) is 9.72 Å². The first kappa shape index (κ1) is 48.9. The number of hydrogen-bond donors (Lipinski definition) is 0. The summed E-state index contributed by atoms with van der Waals surface area (Å²) in [5, 5.41) is 2.23. The first-order chi connectivity index (χ1) is 36.3. The second-order valence-corrected chi connectivity index (χ2v) is 22.2. The topological polar surface area (TPSA) is 33.5 Å². The summed E-state index contributed by atoms with van der Waals surface area (Å²) in [5.74, 6) is 2.07. The van der Waals surface area contributed by atoms with Crippen LogP contribution in [0.2, 0.25) is 0 Å². The zero-order chi connectivity index (χ0) is 51.2. The quantitative estimate of drug-likeness (QED) is 0.142. The van der Waals surface area contributed by atoms with Gasteiger partial charge < -0.3 is 19.1 Å². The molecule has 0 bridgehead atoms. The number of pyridine rings is 1. The van der Waals surface area contributed by atoms with Gasteiger partial charge in [-0.25, -0.2) is 4.98 Å². The van der Waals surface area contributed by atoms with Gasteiger partial charge in [0.2, 0.25) is 0 Å². The number of aromatic nitrogens is 2. The fourth-order valence-corrected chi connectivity index (χ4v) is 11.6. The Morgan fingerprint density at radius 2 is 1.11 bits per heavy atom. The number of para-hydroxylation sites is 3.